The van der Waals surface area contributed by atoms with Gasteiger partial charge in [-0.05, 0) is 6.08 Å². The summed E-state index contributed by atoms with van der Waals surface area (Å²) in [5.74, 6) is -6.14. The molecule has 1 rings (SSSR count). The van der Waals surface area contributed by atoms with E-state index in [4.69, 9.17) is 0 Å². The Morgan fingerprint density at radius 2 is 1.56 bits per heavy atom. The van der Waals surface area contributed by atoms with Crippen molar-refractivity contribution in [2.45, 2.75) is 11.5 Å². The highest BCUT2D eigenvalue weighted by molar-refractivity contribution is 6.65. The fourth-order valence-corrected chi connectivity index (χ4v) is 3.87. The molecule has 0 aromatic heterocycles. The highest BCUT2D eigenvalue weighted by Crippen LogP contribution is 2.44. The Bertz CT molecular complexity index is 387. The number of halogens is 5. The third-order valence-electron chi connectivity index (χ3n) is 2.62. The van der Waals surface area contributed by atoms with E-state index in [-0.39, 0.29) is 6.08 Å². The smallest absolute Gasteiger partial charge is 0.375 e. The third-order valence-corrected chi connectivity index (χ3v) is 5.57. The minimum Gasteiger partial charge on any atom is -0.375 e. The van der Waals surface area contributed by atoms with Crippen LogP contribution in [0.3, 0.4) is 0 Å². The van der Waals surface area contributed by atoms with Crippen LogP contribution in [0.4, 0.5) is 22.0 Å². The van der Waals surface area contributed by atoms with E-state index in [0.29, 0.717) is 0 Å². The van der Waals surface area contributed by atoms with E-state index in [1.165, 1.54) is 0 Å². The van der Waals surface area contributed by atoms with Gasteiger partial charge in [-0.3, -0.25) is 0 Å². The molecule has 0 saturated carbocycles. The average molecular weight is 290 g/mol. The number of allylic oxidation sites excluding steroid dienone is 4. The van der Waals surface area contributed by atoms with Gasteiger partial charge in [0, 0.05) is 21.3 Å². The van der Waals surface area contributed by atoms with Gasteiger partial charge in [0.05, 0.1) is 0 Å². The van der Waals surface area contributed by atoms with E-state index in [9.17, 15) is 22.0 Å². The van der Waals surface area contributed by atoms with Crippen LogP contribution in [0, 0.1) is 0 Å². The molecule has 0 bridgehead atoms. The first kappa shape index (κ1) is 15.3. The first-order valence-corrected chi connectivity index (χ1v) is 6.44. The van der Waals surface area contributed by atoms with E-state index < -0.39 is 37.7 Å². The van der Waals surface area contributed by atoms with Gasteiger partial charge in [-0.15, -0.1) is 0 Å². The lowest BCUT2D eigenvalue weighted by atomic mass is 10.1. The molecule has 0 saturated heterocycles. The number of hydrogen-bond donors (Lipinski definition) is 0. The zero-order chi connectivity index (χ0) is 14.1. The zero-order valence-corrected chi connectivity index (χ0v) is 10.8. The monoisotopic (exact) mass is 290 g/mol. The van der Waals surface area contributed by atoms with E-state index in [2.05, 4.69) is 13.3 Å². The third kappa shape index (κ3) is 1.90. The Balaban J connectivity index is 3.38. The van der Waals surface area contributed by atoms with Crippen molar-refractivity contribution in [2.75, 3.05) is 21.3 Å². The summed E-state index contributed by atoms with van der Waals surface area (Å²) in [5, 5.41) is -3.38. The molecule has 0 N–H and O–H groups in total. The topological polar surface area (TPSA) is 27.7 Å². The molecular formula is C9H11F5O3Si. The van der Waals surface area contributed by atoms with Gasteiger partial charge in [0.15, 0.2) is 23.7 Å². The molecule has 104 valence electrons. The summed E-state index contributed by atoms with van der Waals surface area (Å²) in [7, 11) is -1.61. The van der Waals surface area contributed by atoms with Crippen molar-refractivity contribution < 1.29 is 35.2 Å². The summed E-state index contributed by atoms with van der Waals surface area (Å²) < 4.78 is 81.1. The maximum absolute atomic E-state index is 14.5. The molecule has 18 heavy (non-hydrogen) atoms. The van der Waals surface area contributed by atoms with Gasteiger partial charge in [0.2, 0.25) is 5.29 Å². The van der Waals surface area contributed by atoms with E-state index in [1.54, 1.807) is 0 Å². The van der Waals surface area contributed by atoms with Gasteiger partial charge in [0.25, 0.3) is 0 Å². The molecular weight excluding hydrogens is 279 g/mol. The Kier molecular flexibility index (Phi) is 4.31. The van der Waals surface area contributed by atoms with Gasteiger partial charge in [-0.2, -0.15) is 0 Å². The lowest BCUT2D eigenvalue weighted by Crippen LogP contribution is -2.65. The van der Waals surface area contributed by atoms with Gasteiger partial charge < -0.3 is 13.3 Å². The first-order chi connectivity index (χ1) is 8.29. The Hall–Kier alpha value is -0.773. The van der Waals surface area contributed by atoms with Crippen molar-refractivity contribution in [3.8, 4) is 0 Å². The van der Waals surface area contributed by atoms with Crippen molar-refractivity contribution in [3.63, 3.8) is 0 Å². The zero-order valence-electron chi connectivity index (χ0n) is 9.77. The molecule has 3 nitrogen and oxygen atoms in total. The van der Waals surface area contributed by atoms with Crippen LogP contribution in [0.15, 0.2) is 23.6 Å². The van der Waals surface area contributed by atoms with Crippen LogP contribution in [0.2, 0.25) is 0 Å². The molecule has 9 heteroatoms. The maximum Gasteiger partial charge on any atom is 0.547 e. The normalized spacial score (nSPS) is 29.6. The van der Waals surface area contributed by atoms with Crippen molar-refractivity contribution in [3.05, 3.63) is 23.6 Å². The Labute approximate surface area is 101 Å². The number of rotatable bonds is 4. The average Bonchev–Trinajstić information content (AvgIpc) is 2.37. The molecule has 1 aliphatic rings. The van der Waals surface area contributed by atoms with Crippen molar-refractivity contribution >= 4 is 8.80 Å². The first-order valence-electron chi connectivity index (χ1n) is 4.72. The quantitative estimate of drug-likeness (QED) is 0.588. The molecule has 2 unspecified atom stereocenters. The Morgan fingerprint density at radius 1 is 1.11 bits per heavy atom. The van der Waals surface area contributed by atoms with Crippen LogP contribution >= 0.6 is 0 Å². The molecule has 0 heterocycles. The fourth-order valence-electron chi connectivity index (χ4n) is 1.69. The largest absolute Gasteiger partial charge is 0.547 e. The second-order valence-corrected chi connectivity index (χ2v) is 6.56. The standard InChI is InChI=1S/C9H11F5O3Si/c1-15-18(16-2,17-3)9(14)4-5(10)6(11)7(12)8(9)13/h4,8H,1-3H3. The summed E-state index contributed by atoms with van der Waals surface area (Å²) in [6, 6.07) is 0. The minimum atomic E-state index is -4.42. The van der Waals surface area contributed by atoms with Gasteiger partial charge in [0.1, 0.15) is 0 Å². The maximum atomic E-state index is 14.5. The molecule has 0 aromatic rings. The van der Waals surface area contributed by atoms with Crippen molar-refractivity contribution in [1.82, 2.24) is 0 Å². The van der Waals surface area contributed by atoms with Crippen LogP contribution in [-0.4, -0.2) is 41.6 Å². The van der Waals surface area contributed by atoms with Crippen molar-refractivity contribution in [1.29, 1.82) is 0 Å². The van der Waals surface area contributed by atoms with E-state index >= 15 is 0 Å². The molecule has 0 aromatic carbocycles. The molecule has 0 amide bonds. The van der Waals surface area contributed by atoms with Crippen LogP contribution in [0.1, 0.15) is 0 Å². The summed E-state index contributed by atoms with van der Waals surface area (Å²) in [6.45, 7) is 0. The molecule has 0 spiro atoms. The lowest BCUT2D eigenvalue weighted by molar-refractivity contribution is 0.0269. The van der Waals surface area contributed by atoms with Crippen LogP contribution in [0.25, 0.3) is 0 Å². The minimum absolute atomic E-state index is 0.0567. The van der Waals surface area contributed by atoms with E-state index in [1.807, 2.05) is 0 Å². The molecule has 0 fully saturated rings. The molecule has 0 radical (unpaired) electrons. The van der Waals surface area contributed by atoms with Crippen LogP contribution in [0.5, 0.6) is 0 Å². The van der Waals surface area contributed by atoms with Gasteiger partial charge >= 0.3 is 8.80 Å². The van der Waals surface area contributed by atoms with Crippen LogP contribution < -0.4 is 0 Å². The Morgan fingerprint density at radius 3 is 1.94 bits per heavy atom. The number of alkyl halides is 2. The summed E-state index contributed by atoms with van der Waals surface area (Å²) in [4.78, 5) is 0. The van der Waals surface area contributed by atoms with Crippen LogP contribution in [-0.2, 0) is 13.3 Å². The van der Waals surface area contributed by atoms with E-state index in [0.717, 1.165) is 21.3 Å². The predicted molar refractivity (Wildman–Crippen MR) is 53.9 cm³/mol. The summed E-state index contributed by atoms with van der Waals surface area (Å²) in [5.41, 5.74) is 0. The summed E-state index contributed by atoms with van der Waals surface area (Å²) >= 11 is 0. The molecule has 0 aliphatic heterocycles. The second-order valence-electron chi connectivity index (χ2n) is 3.45. The molecule has 2 atom stereocenters. The predicted octanol–water partition coefficient (Wildman–Crippen LogP) is 2.47. The fraction of sp³-hybridized carbons (Fsp3) is 0.556. The highest BCUT2D eigenvalue weighted by Gasteiger charge is 2.68. The van der Waals surface area contributed by atoms with Gasteiger partial charge in [-0.25, -0.2) is 22.0 Å². The summed E-state index contributed by atoms with van der Waals surface area (Å²) in [6.07, 6.45) is -3.16. The second kappa shape index (κ2) is 5.08. The van der Waals surface area contributed by atoms with Crippen molar-refractivity contribution in [2.24, 2.45) is 0 Å². The van der Waals surface area contributed by atoms with Gasteiger partial charge in [-0.1, -0.05) is 0 Å². The lowest BCUT2D eigenvalue weighted by Gasteiger charge is -2.38. The highest BCUT2D eigenvalue weighted by atomic mass is 28.4. The number of hydrogen-bond acceptors (Lipinski definition) is 3. The SMILES string of the molecule is CO[Si](OC)(OC)C1(F)C=C(F)C(F)=C(F)C1F. The molecule has 1 aliphatic carbocycles.